The van der Waals surface area contributed by atoms with Crippen LogP contribution in [0, 0.1) is 0 Å². The summed E-state index contributed by atoms with van der Waals surface area (Å²) in [6.07, 6.45) is 3.17. The highest BCUT2D eigenvalue weighted by Gasteiger charge is 2.20. The summed E-state index contributed by atoms with van der Waals surface area (Å²) in [6, 6.07) is 10.7. The maximum atomic E-state index is 12.3. The molecule has 0 bridgehead atoms. The number of fused-ring (bicyclic) bond motifs is 1. The summed E-state index contributed by atoms with van der Waals surface area (Å²) in [5.41, 5.74) is 1.78. The van der Waals surface area contributed by atoms with Crippen molar-refractivity contribution < 1.29 is 14.3 Å². The number of hydrogen-bond donors (Lipinski definition) is 2. The molecule has 1 aromatic carbocycles. The number of H-pyrrole nitrogens is 1. The highest BCUT2D eigenvalue weighted by molar-refractivity contribution is 6.44. The van der Waals surface area contributed by atoms with Gasteiger partial charge in [-0.1, -0.05) is 6.07 Å². The van der Waals surface area contributed by atoms with Gasteiger partial charge in [0.05, 0.1) is 24.9 Å². The predicted octanol–water partition coefficient (Wildman–Crippen LogP) is 2.07. The number of hydrogen-bond acceptors (Lipinski definition) is 4. The fourth-order valence-electron chi connectivity index (χ4n) is 2.29. The minimum absolute atomic E-state index is 0.205. The topological polar surface area (TPSA) is 84.1 Å². The fraction of sp³-hybridized carbons (Fsp3) is 0.118. The Morgan fingerprint density at radius 2 is 2.13 bits per heavy atom. The molecule has 0 saturated carbocycles. The number of pyridine rings is 1. The van der Waals surface area contributed by atoms with E-state index in [0.717, 1.165) is 5.52 Å². The van der Waals surface area contributed by atoms with E-state index in [9.17, 15) is 9.59 Å². The molecule has 0 aliphatic heterocycles. The summed E-state index contributed by atoms with van der Waals surface area (Å²) in [6.45, 7) is 0.205. The standard InChI is InChI=1S/C17H15N3O3/c1-23-12-5-6-15-13(8-12)14(10-19-15)16(21)17(22)20-9-11-4-2-3-7-18-11/h2-8,10,19H,9H2,1H3,(H,20,22). The highest BCUT2D eigenvalue weighted by atomic mass is 16.5. The molecule has 3 aromatic rings. The molecule has 6 heteroatoms. The first-order valence-electron chi connectivity index (χ1n) is 7.06. The van der Waals surface area contributed by atoms with Gasteiger partial charge in [-0.25, -0.2) is 0 Å². The van der Waals surface area contributed by atoms with Crippen molar-refractivity contribution in [2.75, 3.05) is 7.11 Å². The number of benzene rings is 1. The van der Waals surface area contributed by atoms with Crippen LogP contribution in [0.3, 0.4) is 0 Å². The van der Waals surface area contributed by atoms with Gasteiger partial charge in [0, 0.05) is 23.3 Å². The average molecular weight is 309 g/mol. The summed E-state index contributed by atoms with van der Waals surface area (Å²) in [5.74, 6) is -0.639. The smallest absolute Gasteiger partial charge is 0.292 e. The van der Waals surface area contributed by atoms with Crippen LogP contribution in [0.2, 0.25) is 0 Å². The maximum absolute atomic E-state index is 12.3. The van der Waals surface area contributed by atoms with Gasteiger partial charge < -0.3 is 15.0 Å². The van der Waals surface area contributed by atoms with Gasteiger partial charge >= 0.3 is 0 Å². The second-order valence-corrected chi connectivity index (χ2v) is 4.95. The number of ketones is 1. The van der Waals surface area contributed by atoms with Crippen molar-refractivity contribution in [2.45, 2.75) is 6.54 Å². The van der Waals surface area contributed by atoms with Crippen molar-refractivity contribution in [3.8, 4) is 5.75 Å². The van der Waals surface area contributed by atoms with Gasteiger partial charge in [0.2, 0.25) is 0 Å². The third-order valence-corrected chi connectivity index (χ3v) is 3.50. The first-order chi connectivity index (χ1) is 11.2. The van der Waals surface area contributed by atoms with Crippen molar-refractivity contribution >= 4 is 22.6 Å². The summed E-state index contributed by atoms with van der Waals surface area (Å²) in [4.78, 5) is 31.5. The number of nitrogens with one attached hydrogen (secondary N) is 2. The van der Waals surface area contributed by atoms with E-state index in [4.69, 9.17) is 4.74 Å². The number of nitrogens with zero attached hydrogens (tertiary/aromatic N) is 1. The van der Waals surface area contributed by atoms with Crippen molar-refractivity contribution in [3.05, 3.63) is 60.0 Å². The van der Waals surface area contributed by atoms with E-state index in [1.54, 1.807) is 43.6 Å². The van der Waals surface area contributed by atoms with Crippen LogP contribution in [0.25, 0.3) is 10.9 Å². The number of amides is 1. The summed E-state index contributed by atoms with van der Waals surface area (Å²) >= 11 is 0. The molecule has 6 nitrogen and oxygen atoms in total. The summed E-state index contributed by atoms with van der Waals surface area (Å²) < 4.78 is 5.16. The van der Waals surface area contributed by atoms with E-state index in [0.29, 0.717) is 22.4 Å². The van der Waals surface area contributed by atoms with Gasteiger partial charge in [-0.3, -0.25) is 14.6 Å². The van der Waals surface area contributed by atoms with E-state index in [1.807, 2.05) is 6.07 Å². The lowest BCUT2D eigenvalue weighted by Gasteiger charge is -2.04. The number of carbonyl (C=O) groups is 2. The third kappa shape index (κ3) is 3.06. The quantitative estimate of drug-likeness (QED) is 0.558. The lowest BCUT2D eigenvalue weighted by Crippen LogP contribution is -2.30. The Morgan fingerprint density at radius 1 is 1.26 bits per heavy atom. The first kappa shape index (κ1) is 14.8. The molecule has 23 heavy (non-hydrogen) atoms. The van der Waals surface area contributed by atoms with E-state index >= 15 is 0 Å². The Kier molecular flexibility index (Phi) is 4.05. The number of aromatic amines is 1. The largest absolute Gasteiger partial charge is 0.497 e. The molecule has 0 unspecified atom stereocenters. The third-order valence-electron chi connectivity index (χ3n) is 3.50. The lowest BCUT2D eigenvalue weighted by atomic mass is 10.1. The number of methoxy groups -OCH3 is 1. The van der Waals surface area contributed by atoms with Crippen LogP contribution in [0.1, 0.15) is 16.1 Å². The van der Waals surface area contributed by atoms with Crippen molar-refractivity contribution in [1.29, 1.82) is 0 Å². The van der Waals surface area contributed by atoms with Crippen LogP contribution in [-0.2, 0) is 11.3 Å². The van der Waals surface area contributed by atoms with E-state index in [-0.39, 0.29) is 6.54 Å². The number of carbonyl (C=O) groups excluding carboxylic acids is 2. The Morgan fingerprint density at radius 3 is 2.87 bits per heavy atom. The number of rotatable bonds is 5. The normalized spacial score (nSPS) is 10.5. The molecule has 0 radical (unpaired) electrons. The Balaban J connectivity index is 1.78. The Hall–Kier alpha value is -3.15. The zero-order valence-electron chi connectivity index (χ0n) is 12.5. The SMILES string of the molecule is COc1ccc2[nH]cc(C(=O)C(=O)NCc3ccccn3)c2c1. The van der Waals surface area contributed by atoms with Crippen molar-refractivity contribution in [3.63, 3.8) is 0 Å². The van der Waals surface area contributed by atoms with Gasteiger partial charge in [0.1, 0.15) is 5.75 Å². The maximum Gasteiger partial charge on any atom is 0.292 e. The molecular formula is C17H15N3O3. The summed E-state index contributed by atoms with van der Waals surface area (Å²) in [5, 5.41) is 3.24. The van der Waals surface area contributed by atoms with E-state index < -0.39 is 11.7 Å². The minimum Gasteiger partial charge on any atom is -0.497 e. The van der Waals surface area contributed by atoms with Crippen LogP contribution in [0.5, 0.6) is 5.75 Å². The van der Waals surface area contributed by atoms with Crippen LogP contribution in [-0.4, -0.2) is 28.8 Å². The van der Waals surface area contributed by atoms with Crippen molar-refractivity contribution in [2.24, 2.45) is 0 Å². The van der Waals surface area contributed by atoms with Crippen molar-refractivity contribution in [1.82, 2.24) is 15.3 Å². The molecule has 0 aliphatic rings. The second-order valence-electron chi connectivity index (χ2n) is 4.95. The highest BCUT2D eigenvalue weighted by Crippen LogP contribution is 2.23. The monoisotopic (exact) mass is 309 g/mol. The van der Waals surface area contributed by atoms with Crippen LogP contribution >= 0.6 is 0 Å². The molecule has 0 atom stereocenters. The Labute approximate surface area is 132 Å². The molecule has 116 valence electrons. The van der Waals surface area contributed by atoms with Crippen LogP contribution in [0.15, 0.2) is 48.8 Å². The molecule has 1 amide bonds. The van der Waals surface area contributed by atoms with Gasteiger partial charge in [-0.05, 0) is 30.3 Å². The molecule has 2 heterocycles. The molecule has 0 fully saturated rings. The summed E-state index contributed by atoms with van der Waals surface area (Å²) in [7, 11) is 1.55. The van der Waals surface area contributed by atoms with Crippen LogP contribution < -0.4 is 10.1 Å². The zero-order valence-corrected chi connectivity index (χ0v) is 12.5. The minimum atomic E-state index is -0.667. The second kappa shape index (κ2) is 6.31. The fourth-order valence-corrected chi connectivity index (χ4v) is 2.29. The first-order valence-corrected chi connectivity index (χ1v) is 7.06. The molecule has 3 rings (SSSR count). The molecule has 2 N–H and O–H groups in total. The van der Waals surface area contributed by atoms with Gasteiger partial charge in [0.15, 0.2) is 0 Å². The number of Topliss-reactive ketones (excluding diaryl/α,β-unsaturated/α-hetero) is 1. The van der Waals surface area contributed by atoms with Crippen LogP contribution in [0.4, 0.5) is 0 Å². The molecular weight excluding hydrogens is 294 g/mol. The zero-order chi connectivity index (χ0) is 16.2. The average Bonchev–Trinajstić information content (AvgIpc) is 3.02. The predicted molar refractivity (Wildman–Crippen MR) is 85.3 cm³/mol. The van der Waals surface area contributed by atoms with Gasteiger partial charge in [-0.2, -0.15) is 0 Å². The number of ether oxygens (including phenoxy) is 1. The lowest BCUT2D eigenvalue weighted by molar-refractivity contribution is -0.117. The molecule has 0 spiro atoms. The van der Waals surface area contributed by atoms with E-state index in [1.165, 1.54) is 6.20 Å². The molecule has 0 saturated heterocycles. The molecule has 2 aromatic heterocycles. The van der Waals surface area contributed by atoms with Gasteiger partial charge in [0.25, 0.3) is 11.7 Å². The van der Waals surface area contributed by atoms with Gasteiger partial charge in [-0.15, -0.1) is 0 Å². The Bertz CT molecular complexity index is 856. The number of aromatic nitrogens is 2. The van der Waals surface area contributed by atoms with E-state index in [2.05, 4.69) is 15.3 Å². The molecule has 0 aliphatic carbocycles.